The zero-order valence-electron chi connectivity index (χ0n) is 23.8. The third-order valence-corrected chi connectivity index (χ3v) is 9.54. The summed E-state index contributed by atoms with van der Waals surface area (Å²) in [6.45, 7) is 8.02. The van der Waals surface area contributed by atoms with Crippen molar-refractivity contribution in [2.45, 2.75) is 50.9 Å². The Labute approximate surface area is 245 Å². The minimum Gasteiger partial charge on any atom is -0.460 e. The van der Waals surface area contributed by atoms with E-state index in [0.717, 1.165) is 29.5 Å². The normalized spacial score (nSPS) is 13.5. The number of hydrogen-bond donors (Lipinski definition) is 1. The molecule has 1 fully saturated rings. The van der Waals surface area contributed by atoms with Gasteiger partial charge in [0.05, 0.1) is 36.3 Å². The van der Waals surface area contributed by atoms with Crippen molar-refractivity contribution >= 4 is 32.6 Å². The maximum Gasteiger partial charge on any atom is 0.252 e. The molecule has 5 rings (SSSR count). The Morgan fingerprint density at radius 2 is 1.79 bits per heavy atom. The summed E-state index contributed by atoms with van der Waals surface area (Å²) >= 11 is 0. The number of furan rings is 1. The molecule has 0 unspecified atom stereocenters. The number of carbonyl (C=O) groups excluding carboxylic acids is 1. The molecule has 0 atom stereocenters. The molecule has 3 aromatic carbocycles. The van der Waals surface area contributed by atoms with Gasteiger partial charge in [-0.15, -0.1) is 0 Å². The molecule has 7 nitrogen and oxygen atoms in total. The number of hydrogen-bond acceptors (Lipinski definition) is 5. The molecule has 0 saturated heterocycles. The van der Waals surface area contributed by atoms with E-state index in [-0.39, 0.29) is 36.9 Å². The van der Waals surface area contributed by atoms with Crippen molar-refractivity contribution in [2.24, 2.45) is 5.73 Å². The van der Waals surface area contributed by atoms with E-state index in [1.165, 1.54) is 16.4 Å². The fourth-order valence-corrected chi connectivity index (χ4v) is 6.33. The highest BCUT2D eigenvalue weighted by Crippen LogP contribution is 2.47. The van der Waals surface area contributed by atoms with E-state index in [4.69, 9.17) is 14.9 Å². The molecule has 1 heterocycles. The smallest absolute Gasteiger partial charge is 0.252 e. The Hall–Kier alpha value is -3.95. The quantitative estimate of drug-likeness (QED) is 0.180. The zero-order valence-corrected chi connectivity index (χ0v) is 24.6. The van der Waals surface area contributed by atoms with Crippen molar-refractivity contribution in [3.8, 4) is 0 Å². The molecular formula is C33H35FN2O5S. The van der Waals surface area contributed by atoms with E-state index in [9.17, 15) is 17.6 Å². The summed E-state index contributed by atoms with van der Waals surface area (Å²) in [5.41, 5.74) is 10.1. The number of benzene rings is 3. The standard InChI is InChI=1S/C33H35FN2O5S/c1-21(2)42(38,39)36(18-22(3)19-40-20-24-7-5-4-6-8-24)29-17-30-28(16-27(29)25-11-12-25)32(33(35)37)31(41-30)15-23-9-13-26(34)14-10-23/h4-10,13-14,16-17,21,25H,3,11-12,15,18-20H2,1-2H3,(H2,35,37). The molecular weight excluding hydrogens is 555 g/mol. The summed E-state index contributed by atoms with van der Waals surface area (Å²) in [5.74, 6) is -0.514. The summed E-state index contributed by atoms with van der Waals surface area (Å²) in [4.78, 5) is 12.6. The topological polar surface area (TPSA) is 103 Å². The van der Waals surface area contributed by atoms with E-state index in [2.05, 4.69) is 6.58 Å². The third-order valence-electron chi connectivity index (χ3n) is 7.41. The van der Waals surface area contributed by atoms with Crippen LogP contribution in [-0.4, -0.2) is 32.7 Å². The number of ether oxygens (including phenoxy) is 1. The number of nitrogens with zero attached hydrogens (tertiary/aromatic N) is 1. The monoisotopic (exact) mass is 590 g/mol. The summed E-state index contributed by atoms with van der Waals surface area (Å²) in [5, 5.41) is -0.151. The molecule has 2 N–H and O–H groups in total. The Morgan fingerprint density at radius 1 is 1.10 bits per heavy atom. The lowest BCUT2D eigenvalue weighted by Gasteiger charge is -2.29. The number of halogens is 1. The number of amides is 1. The van der Waals surface area contributed by atoms with Crippen LogP contribution in [0.5, 0.6) is 0 Å². The highest BCUT2D eigenvalue weighted by molar-refractivity contribution is 7.93. The number of fused-ring (bicyclic) bond motifs is 1. The van der Waals surface area contributed by atoms with Gasteiger partial charge in [-0.05, 0) is 73.1 Å². The molecule has 42 heavy (non-hydrogen) atoms. The fraction of sp³-hybridized carbons (Fsp3) is 0.303. The molecule has 0 radical (unpaired) electrons. The minimum atomic E-state index is -3.79. The third kappa shape index (κ3) is 6.42. The van der Waals surface area contributed by atoms with Crippen molar-refractivity contribution in [1.29, 1.82) is 0 Å². The SMILES string of the molecule is C=C(COCc1ccccc1)CN(c1cc2oc(Cc3ccc(F)cc3)c(C(N)=O)c2cc1C1CC1)S(=O)(=O)C(C)C. The predicted octanol–water partition coefficient (Wildman–Crippen LogP) is 6.46. The average Bonchev–Trinajstić information content (AvgIpc) is 3.73. The summed E-state index contributed by atoms with van der Waals surface area (Å²) in [6.07, 6.45) is 2.04. The largest absolute Gasteiger partial charge is 0.460 e. The first-order chi connectivity index (χ1) is 20.0. The van der Waals surface area contributed by atoms with Crippen molar-refractivity contribution in [3.05, 3.63) is 113 Å². The molecule has 1 saturated carbocycles. The highest BCUT2D eigenvalue weighted by atomic mass is 32.2. The first kappa shape index (κ1) is 29.5. The average molecular weight is 591 g/mol. The molecule has 1 aliphatic rings. The van der Waals surface area contributed by atoms with Gasteiger partial charge < -0.3 is 14.9 Å². The van der Waals surface area contributed by atoms with Gasteiger partial charge in [0.2, 0.25) is 10.0 Å². The van der Waals surface area contributed by atoms with Crippen LogP contribution in [0, 0.1) is 5.82 Å². The Balaban J connectivity index is 1.52. The lowest BCUT2D eigenvalue weighted by Crippen LogP contribution is -2.38. The molecule has 1 amide bonds. The van der Waals surface area contributed by atoms with Crippen LogP contribution >= 0.6 is 0 Å². The molecule has 4 aromatic rings. The maximum atomic E-state index is 13.8. The van der Waals surface area contributed by atoms with Crippen LogP contribution < -0.4 is 10.0 Å². The van der Waals surface area contributed by atoms with Crippen molar-refractivity contribution < 1.29 is 26.8 Å². The Bertz CT molecular complexity index is 1710. The van der Waals surface area contributed by atoms with E-state index in [1.54, 1.807) is 32.0 Å². The highest BCUT2D eigenvalue weighted by Gasteiger charge is 2.35. The second kappa shape index (κ2) is 12.1. The molecule has 1 aromatic heterocycles. The second-order valence-corrected chi connectivity index (χ2v) is 13.5. The summed E-state index contributed by atoms with van der Waals surface area (Å²) in [7, 11) is -3.79. The van der Waals surface area contributed by atoms with Crippen LogP contribution in [0.25, 0.3) is 11.0 Å². The second-order valence-electron chi connectivity index (χ2n) is 11.1. The van der Waals surface area contributed by atoms with Crippen LogP contribution in [0.2, 0.25) is 0 Å². The fourth-order valence-electron chi connectivity index (χ4n) is 5.02. The number of sulfonamides is 1. The van der Waals surface area contributed by atoms with Crippen LogP contribution in [-0.2, 0) is 27.8 Å². The summed E-state index contributed by atoms with van der Waals surface area (Å²) in [6, 6.07) is 19.2. The number of rotatable bonds is 13. The molecule has 220 valence electrons. The molecule has 1 aliphatic carbocycles. The van der Waals surface area contributed by atoms with Crippen LogP contribution in [0.3, 0.4) is 0 Å². The van der Waals surface area contributed by atoms with Gasteiger partial charge in [-0.25, -0.2) is 12.8 Å². The predicted molar refractivity (Wildman–Crippen MR) is 163 cm³/mol. The first-order valence-corrected chi connectivity index (χ1v) is 15.5. The lowest BCUT2D eigenvalue weighted by molar-refractivity contribution is 0.1000. The van der Waals surface area contributed by atoms with Gasteiger partial charge in [-0.2, -0.15) is 0 Å². The lowest BCUT2D eigenvalue weighted by atomic mass is 10.0. The molecule has 9 heteroatoms. The van der Waals surface area contributed by atoms with E-state index in [0.29, 0.717) is 34.6 Å². The Kier molecular flexibility index (Phi) is 8.52. The zero-order chi connectivity index (χ0) is 30.0. The van der Waals surface area contributed by atoms with Gasteiger partial charge in [0, 0.05) is 17.9 Å². The van der Waals surface area contributed by atoms with Crippen LogP contribution in [0.4, 0.5) is 10.1 Å². The van der Waals surface area contributed by atoms with Crippen molar-refractivity contribution in [1.82, 2.24) is 0 Å². The van der Waals surface area contributed by atoms with Crippen molar-refractivity contribution in [3.63, 3.8) is 0 Å². The first-order valence-electron chi connectivity index (χ1n) is 14.0. The van der Waals surface area contributed by atoms with Gasteiger partial charge in [-0.3, -0.25) is 9.10 Å². The van der Waals surface area contributed by atoms with Gasteiger partial charge >= 0.3 is 0 Å². The van der Waals surface area contributed by atoms with E-state index >= 15 is 0 Å². The van der Waals surface area contributed by atoms with Gasteiger partial charge in [-0.1, -0.05) is 49.0 Å². The van der Waals surface area contributed by atoms with E-state index in [1.807, 2.05) is 36.4 Å². The molecule has 0 bridgehead atoms. The van der Waals surface area contributed by atoms with Gasteiger partial charge in [0.15, 0.2) is 0 Å². The Morgan fingerprint density at radius 3 is 2.40 bits per heavy atom. The molecule has 0 aliphatic heterocycles. The minimum absolute atomic E-state index is 0.0341. The van der Waals surface area contributed by atoms with Crippen molar-refractivity contribution in [2.75, 3.05) is 17.5 Å². The van der Waals surface area contributed by atoms with E-state index < -0.39 is 21.2 Å². The van der Waals surface area contributed by atoms with Gasteiger partial charge in [0.1, 0.15) is 17.2 Å². The van der Waals surface area contributed by atoms with Crippen LogP contribution in [0.15, 0.2) is 83.3 Å². The number of anilines is 1. The maximum absolute atomic E-state index is 13.8. The summed E-state index contributed by atoms with van der Waals surface area (Å²) < 4.78 is 54.4. The number of carbonyl (C=O) groups is 1. The number of nitrogens with two attached hydrogens (primary N) is 1. The number of primary amides is 1. The van der Waals surface area contributed by atoms with Gasteiger partial charge in [0.25, 0.3) is 5.91 Å². The van der Waals surface area contributed by atoms with Crippen LogP contribution in [0.1, 0.15) is 65.4 Å². The molecule has 0 spiro atoms.